The van der Waals surface area contributed by atoms with E-state index in [-0.39, 0.29) is 21.3 Å². The minimum Gasteiger partial charge on any atom is -0.354 e. The molecule has 0 saturated heterocycles. The van der Waals surface area contributed by atoms with Crippen molar-refractivity contribution in [2.24, 2.45) is 0 Å². The molecule has 40 heteroatoms. The molecular formula is C20H9F35O4Si. The van der Waals surface area contributed by atoms with Gasteiger partial charge in [0, 0.05) is 21.3 Å². The maximum Gasteiger partial charge on any atom is 0.683 e. The summed E-state index contributed by atoms with van der Waals surface area (Å²) in [5.74, 6) is -148. The van der Waals surface area contributed by atoms with Gasteiger partial charge in [0.05, 0.1) is 0 Å². The molecule has 0 aliphatic carbocycles. The second kappa shape index (κ2) is 14.6. The van der Waals surface area contributed by atoms with Crippen LogP contribution in [0.3, 0.4) is 0 Å². The van der Waals surface area contributed by atoms with Crippen LogP contribution in [0.5, 0.6) is 0 Å². The summed E-state index contributed by atoms with van der Waals surface area (Å²) in [5, 5.41) is 0. The standard InChI is InChI=1S/C20H9F35O4Si/c1-56-60(57-2,58-3)59-20(54,55)18(49,50)16(45,46)14(41,42)12(37,38)10(33,34)8(29,30)6(25,26)4(21,22)5(23,24)7(27,28)9(31,32)11(35,36)13(39,40)15(43,44)17(47,48)19(51,52)53/h1-3H3. The highest BCUT2D eigenvalue weighted by atomic mass is 28.4. The van der Waals surface area contributed by atoms with Crippen molar-refractivity contribution in [1.82, 2.24) is 0 Å². The average molecular weight is 1010 g/mol. The van der Waals surface area contributed by atoms with Gasteiger partial charge in [0.15, 0.2) is 0 Å². The first-order valence-corrected chi connectivity index (χ1v) is 14.5. The molecule has 0 aromatic heterocycles. The zero-order valence-electron chi connectivity index (χ0n) is 26.9. The Hall–Kier alpha value is -2.39. The lowest BCUT2D eigenvalue weighted by Crippen LogP contribution is -2.80. The Kier molecular flexibility index (Phi) is 14.0. The predicted molar refractivity (Wildman–Crippen MR) is 113 cm³/mol. The highest BCUT2D eigenvalue weighted by Crippen LogP contribution is 2.70. The molecule has 362 valence electrons. The number of rotatable bonds is 20. The first-order valence-electron chi connectivity index (χ1n) is 12.9. The monoisotopic (exact) mass is 1010 g/mol. The zero-order valence-corrected chi connectivity index (χ0v) is 27.9. The predicted octanol–water partition coefficient (Wildman–Crippen LogP) is 11.1. The van der Waals surface area contributed by atoms with E-state index < -0.39 is 110 Å². The quantitative estimate of drug-likeness (QED) is 0.0900. The minimum absolute atomic E-state index is 0.0351. The molecule has 0 rings (SSSR count). The summed E-state index contributed by atoms with van der Waals surface area (Å²) in [5.41, 5.74) is 0. The van der Waals surface area contributed by atoms with Gasteiger partial charge in [-0.15, -0.1) is 0 Å². The van der Waals surface area contributed by atoms with Crippen LogP contribution >= 0.6 is 0 Å². The van der Waals surface area contributed by atoms with Crippen molar-refractivity contribution in [2.45, 2.75) is 101 Å². The normalized spacial score (nSPS) is 17.1. The molecule has 0 N–H and O–H groups in total. The van der Waals surface area contributed by atoms with E-state index >= 15 is 0 Å². The molecule has 0 radical (unpaired) electrons. The van der Waals surface area contributed by atoms with E-state index in [1.54, 1.807) is 0 Å². The van der Waals surface area contributed by atoms with E-state index in [1.165, 1.54) is 0 Å². The van der Waals surface area contributed by atoms with Gasteiger partial charge in [0.1, 0.15) is 0 Å². The van der Waals surface area contributed by atoms with E-state index in [0.717, 1.165) is 0 Å². The zero-order chi connectivity index (χ0) is 49.8. The molecule has 0 amide bonds. The molecule has 0 aromatic carbocycles. The number of alkyl halides is 35. The van der Waals surface area contributed by atoms with Crippen molar-refractivity contribution in [3.63, 3.8) is 0 Å². The van der Waals surface area contributed by atoms with Crippen molar-refractivity contribution in [3.05, 3.63) is 0 Å². The molecule has 0 spiro atoms. The fourth-order valence-corrected chi connectivity index (χ4v) is 4.71. The first-order chi connectivity index (χ1) is 25.4. The van der Waals surface area contributed by atoms with Crippen molar-refractivity contribution in [3.8, 4) is 0 Å². The molecule has 0 aliphatic heterocycles. The van der Waals surface area contributed by atoms with Gasteiger partial charge in [-0.3, -0.25) is 4.43 Å². The molecule has 4 nitrogen and oxygen atoms in total. The van der Waals surface area contributed by atoms with Gasteiger partial charge in [-0.05, 0) is 0 Å². The minimum atomic E-state index is -10.4. The van der Waals surface area contributed by atoms with E-state index in [1.807, 2.05) is 0 Å². The third-order valence-electron chi connectivity index (χ3n) is 7.25. The van der Waals surface area contributed by atoms with Gasteiger partial charge in [-0.2, -0.15) is 154 Å². The summed E-state index contributed by atoms with van der Waals surface area (Å²) in [4.78, 5) is 0. The summed E-state index contributed by atoms with van der Waals surface area (Å²) in [6, 6.07) is 0. The Morgan fingerprint density at radius 3 is 0.483 bits per heavy atom. The molecule has 0 bridgehead atoms. The molecule has 0 aromatic rings. The van der Waals surface area contributed by atoms with E-state index in [0.29, 0.717) is 0 Å². The number of hydrogen-bond acceptors (Lipinski definition) is 4. The van der Waals surface area contributed by atoms with Crippen LogP contribution in [0.2, 0.25) is 0 Å². The van der Waals surface area contributed by atoms with Crippen LogP contribution in [-0.4, -0.2) is 132 Å². The summed E-state index contributed by atoms with van der Waals surface area (Å²) < 4.78 is 492. The van der Waals surface area contributed by atoms with E-state index in [9.17, 15) is 154 Å². The van der Waals surface area contributed by atoms with Crippen molar-refractivity contribution in [1.29, 1.82) is 0 Å². The average Bonchev–Trinajstić information content (AvgIpc) is 3.05. The van der Waals surface area contributed by atoms with E-state index in [2.05, 4.69) is 17.7 Å². The van der Waals surface area contributed by atoms with Crippen LogP contribution in [0, 0.1) is 0 Å². The summed E-state index contributed by atoms with van der Waals surface area (Å²) in [6.45, 7) is 0. The number of hydrogen-bond donors (Lipinski definition) is 0. The molecule has 0 atom stereocenters. The maximum absolute atomic E-state index is 14.1. The van der Waals surface area contributed by atoms with Crippen molar-refractivity contribution >= 4 is 9.05 Å². The third-order valence-corrected chi connectivity index (χ3v) is 9.25. The summed E-state index contributed by atoms with van der Waals surface area (Å²) >= 11 is 0. The lowest BCUT2D eigenvalue weighted by atomic mass is 9.82. The van der Waals surface area contributed by atoms with Crippen LogP contribution in [0.15, 0.2) is 0 Å². The molecule has 0 saturated carbocycles. The molecule has 60 heavy (non-hydrogen) atoms. The fourth-order valence-electron chi connectivity index (χ4n) is 3.52. The maximum atomic E-state index is 14.1. The lowest BCUT2D eigenvalue weighted by molar-refractivity contribution is -0.495. The van der Waals surface area contributed by atoms with Crippen LogP contribution in [0.25, 0.3) is 0 Å². The van der Waals surface area contributed by atoms with Crippen LogP contribution < -0.4 is 0 Å². The van der Waals surface area contributed by atoms with Gasteiger partial charge in [-0.1, -0.05) is 0 Å². The highest BCUT2D eigenvalue weighted by molar-refractivity contribution is 6.53. The smallest absolute Gasteiger partial charge is 0.354 e. The fraction of sp³-hybridized carbons (Fsp3) is 1.00. The Morgan fingerprint density at radius 1 is 0.217 bits per heavy atom. The summed E-state index contributed by atoms with van der Waals surface area (Å²) in [7, 11) is -6.30. The molecular weight excluding hydrogens is 997 g/mol. The van der Waals surface area contributed by atoms with Crippen molar-refractivity contribution in [2.75, 3.05) is 21.3 Å². The van der Waals surface area contributed by atoms with Gasteiger partial charge >= 0.3 is 110 Å². The molecule has 0 fully saturated rings. The Labute approximate surface area is 304 Å². The van der Waals surface area contributed by atoms with Crippen LogP contribution in [0.4, 0.5) is 154 Å². The molecule has 0 aliphatic rings. The second-order valence-electron chi connectivity index (χ2n) is 10.8. The highest BCUT2D eigenvalue weighted by Gasteiger charge is 3.02. The third kappa shape index (κ3) is 6.76. The molecule has 0 heterocycles. The van der Waals surface area contributed by atoms with Gasteiger partial charge in [-0.25, -0.2) is 0 Å². The van der Waals surface area contributed by atoms with Crippen LogP contribution in [0.1, 0.15) is 0 Å². The Bertz CT molecular complexity index is 1520. The summed E-state index contributed by atoms with van der Waals surface area (Å²) in [6.07, 6.45) is -16.2. The van der Waals surface area contributed by atoms with Crippen LogP contribution in [-0.2, 0) is 17.7 Å². The lowest BCUT2D eigenvalue weighted by Gasteiger charge is -2.47. The first kappa shape index (κ1) is 57.6. The topological polar surface area (TPSA) is 36.9 Å². The number of halogens is 35. The van der Waals surface area contributed by atoms with Gasteiger partial charge < -0.3 is 13.3 Å². The van der Waals surface area contributed by atoms with Gasteiger partial charge in [0.2, 0.25) is 0 Å². The SMILES string of the molecule is CO[Si](OC)(OC)OC(F)(F)C(F)(F)C(F)(F)C(F)(F)C(F)(F)C(F)(F)C(F)(F)C(F)(F)C(F)(F)C(F)(F)C(F)(F)C(F)(F)C(F)(F)C(F)(F)C(F)(F)C(F)(F)C(F)(F)F. The van der Waals surface area contributed by atoms with Gasteiger partial charge in [0.25, 0.3) is 0 Å². The van der Waals surface area contributed by atoms with E-state index in [4.69, 9.17) is 0 Å². The largest absolute Gasteiger partial charge is 0.683 e. The Balaban J connectivity index is 7.83. The van der Waals surface area contributed by atoms with Crippen molar-refractivity contribution < 1.29 is 171 Å². The molecule has 0 unspecified atom stereocenters. The second-order valence-corrected chi connectivity index (χ2v) is 13.3. The Morgan fingerprint density at radius 2 is 0.350 bits per heavy atom.